The van der Waals surface area contributed by atoms with E-state index in [1.54, 1.807) is 4.90 Å². The molecular weight excluding hydrogens is 274 g/mol. The van der Waals surface area contributed by atoms with Crippen molar-refractivity contribution in [1.29, 1.82) is 0 Å². The van der Waals surface area contributed by atoms with Crippen LogP contribution in [-0.2, 0) is 9.59 Å². The molecule has 21 heavy (non-hydrogen) atoms. The van der Waals surface area contributed by atoms with Crippen LogP contribution in [0, 0.1) is 11.3 Å². The quantitative estimate of drug-likeness (QED) is 0.687. The van der Waals surface area contributed by atoms with Gasteiger partial charge in [-0.05, 0) is 31.6 Å². The number of nitrogens with two attached hydrogens (primary N) is 1. The second-order valence-corrected chi connectivity index (χ2v) is 6.20. The average molecular weight is 297 g/mol. The Labute approximate surface area is 123 Å². The van der Waals surface area contributed by atoms with E-state index in [1.807, 2.05) is 0 Å². The van der Waals surface area contributed by atoms with E-state index in [2.05, 4.69) is 5.32 Å². The molecule has 0 spiro atoms. The minimum Gasteiger partial charge on any atom is -0.481 e. The van der Waals surface area contributed by atoms with Crippen LogP contribution in [0.3, 0.4) is 0 Å². The number of amides is 3. The molecule has 118 valence electrons. The zero-order valence-corrected chi connectivity index (χ0v) is 12.1. The van der Waals surface area contributed by atoms with E-state index in [1.165, 1.54) is 0 Å². The highest BCUT2D eigenvalue weighted by Gasteiger charge is 2.44. The van der Waals surface area contributed by atoms with Crippen LogP contribution in [0.25, 0.3) is 0 Å². The van der Waals surface area contributed by atoms with Crippen LogP contribution in [0.1, 0.15) is 38.5 Å². The standard InChI is InChI=1S/C14H23N3O4/c15-11(18)8-10-2-6-17(7-3-10)13(21)16-9-14(12(19)20)4-1-5-14/h10H,1-9H2,(H2,15,18)(H,16,21)(H,19,20). The molecule has 7 heteroatoms. The largest absolute Gasteiger partial charge is 0.481 e. The highest BCUT2D eigenvalue weighted by molar-refractivity contribution is 5.79. The lowest BCUT2D eigenvalue weighted by atomic mass is 9.69. The summed E-state index contributed by atoms with van der Waals surface area (Å²) < 4.78 is 0. The number of nitrogens with zero attached hydrogens (tertiary/aromatic N) is 1. The summed E-state index contributed by atoms with van der Waals surface area (Å²) in [5, 5.41) is 12.0. The van der Waals surface area contributed by atoms with Crippen molar-refractivity contribution in [3.05, 3.63) is 0 Å². The maximum absolute atomic E-state index is 12.1. The molecule has 2 aliphatic rings. The van der Waals surface area contributed by atoms with Crippen LogP contribution in [0.15, 0.2) is 0 Å². The molecule has 7 nitrogen and oxygen atoms in total. The summed E-state index contributed by atoms with van der Waals surface area (Å²) in [6, 6.07) is -0.208. The van der Waals surface area contributed by atoms with Crippen molar-refractivity contribution in [1.82, 2.24) is 10.2 Å². The Kier molecular flexibility index (Phi) is 4.69. The molecule has 2 rings (SSSR count). The van der Waals surface area contributed by atoms with E-state index in [0.29, 0.717) is 32.4 Å². The van der Waals surface area contributed by atoms with Crippen LogP contribution in [0.2, 0.25) is 0 Å². The topological polar surface area (TPSA) is 113 Å². The molecule has 0 atom stereocenters. The molecule has 0 aromatic heterocycles. The van der Waals surface area contributed by atoms with Gasteiger partial charge in [-0.1, -0.05) is 6.42 Å². The van der Waals surface area contributed by atoms with Gasteiger partial charge in [0.25, 0.3) is 0 Å². The Morgan fingerprint density at radius 1 is 1.24 bits per heavy atom. The minimum absolute atomic E-state index is 0.197. The van der Waals surface area contributed by atoms with Gasteiger partial charge in [0.05, 0.1) is 5.41 Å². The lowest BCUT2D eigenvalue weighted by Gasteiger charge is -2.38. The fraction of sp³-hybridized carbons (Fsp3) is 0.786. The first-order valence-electron chi connectivity index (χ1n) is 7.47. The minimum atomic E-state index is -0.825. The van der Waals surface area contributed by atoms with E-state index in [0.717, 1.165) is 19.3 Å². The van der Waals surface area contributed by atoms with E-state index in [9.17, 15) is 19.5 Å². The monoisotopic (exact) mass is 297 g/mol. The molecule has 1 saturated heterocycles. The maximum atomic E-state index is 12.1. The summed E-state index contributed by atoms with van der Waals surface area (Å²) in [5.74, 6) is -0.871. The summed E-state index contributed by atoms with van der Waals surface area (Å²) >= 11 is 0. The number of hydrogen-bond donors (Lipinski definition) is 3. The fourth-order valence-corrected chi connectivity index (χ4v) is 3.05. The summed E-state index contributed by atoms with van der Waals surface area (Å²) in [6.45, 7) is 1.37. The average Bonchev–Trinajstić information content (AvgIpc) is 2.37. The first kappa shape index (κ1) is 15.6. The zero-order chi connectivity index (χ0) is 15.5. The molecule has 1 aliphatic carbocycles. The van der Waals surface area contributed by atoms with Crippen LogP contribution < -0.4 is 11.1 Å². The number of rotatable bonds is 5. The van der Waals surface area contributed by atoms with Crippen molar-refractivity contribution >= 4 is 17.9 Å². The number of carbonyl (C=O) groups is 3. The fourth-order valence-electron chi connectivity index (χ4n) is 3.05. The summed E-state index contributed by atoms with van der Waals surface area (Å²) in [6.07, 6.45) is 4.06. The molecule has 0 bridgehead atoms. The number of piperidine rings is 1. The van der Waals surface area contributed by atoms with Gasteiger partial charge in [-0.2, -0.15) is 0 Å². The summed E-state index contributed by atoms with van der Waals surface area (Å²) in [5.41, 5.74) is 4.41. The molecule has 0 aromatic rings. The Balaban J connectivity index is 1.75. The van der Waals surface area contributed by atoms with Gasteiger partial charge in [0.2, 0.25) is 5.91 Å². The van der Waals surface area contributed by atoms with Crippen molar-refractivity contribution in [3.8, 4) is 0 Å². The van der Waals surface area contributed by atoms with Crippen molar-refractivity contribution in [2.24, 2.45) is 17.1 Å². The van der Waals surface area contributed by atoms with Crippen molar-refractivity contribution in [3.63, 3.8) is 0 Å². The number of primary amides is 1. The predicted octanol–water partition coefficient (Wildman–Crippen LogP) is 0.538. The second kappa shape index (κ2) is 6.32. The number of carbonyl (C=O) groups excluding carboxylic acids is 2. The molecule has 1 heterocycles. The SMILES string of the molecule is NC(=O)CC1CCN(C(=O)NCC2(C(=O)O)CCC2)CC1. The number of hydrogen-bond acceptors (Lipinski definition) is 3. The molecule has 0 unspecified atom stereocenters. The lowest BCUT2D eigenvalue weighted by molar-refractivity contribution is -0.153. The lowest BCUT2D eigenvalue weighted by Crippen LogP contribution is -2.52. The van der Waals surface area contributed by atoms with Crippen LogP contribution >= 0.6 is 0 Å². The van der Waals surface area contributed by atoms with Gasteiger partial charge in [-0.15, -0.1) is 0 Å². The molecular formula is C14H23N3O4. The van der Waals surface area contributed by atoms with Gasteiger partial charge < -0.3 is 21.1 Å². The van der Waals surface area contributed by atoms with Crippen molar-refractivity contribution in [2.75, 3.05) is 19.6 Å². The predicted molar refractivity (Wildman–Crippen MR) is 75.4 cm³/mol. The maximum Gasteiger partial charge on any atom is 0.317 e. The number of carboxylic acid groups (broad SMARTS) is 1. The van der Waals surface area contributed by atoms with Gasteiger partial charge in [0, 0.05) is 26.1 Å². The number of urea groups is 1. The van der Waals surface area contributed by atoms with Crippen LogP contribution in [0.5, 0.6) is 0 Å². The third kappa shape index (κ3) is 3.65. The number of carboxylic acids is 1. The molecule has 3 amide bonds. The molecule has 1 aliphatic heterocycles. The first-order chi connectivity index (χ1) is 9.93. The van der Waals surface area contributed by atoms with E-state index in [-0.39, 0.29) is 24.4 Å². The van der Waals surface area contributed by atoms with Gasteiger partial charge in [-0.3, -0.25) is 9.59 Å². The van der Waals surface area contributed by atoms with Crippen molar-refractivity contribution < 1.29 is 19.5 Å². The van der Waals surface area contributed by atoms with E-state index >= 15 is 0 Å². The zero-order valence-electron chi connectivity index (χ0n) is 12.1. The van der Waals surface area contributed by atoms with Gasteiger partial charge >= 0.3 is 12.0 Å². The molecule has 1 saturated carbocycles. The molecule has 4 N–H and O–H groups in total. The number of aliphatic carboxylic acids is 1. The third-order valence-corrected chi connectivity index (χ3v) is 4.73. The van der Waals surface area contributed by atoms with Gasteiger partial charge in [0.15, 0.2) is 0 Å². The third-order valence-electron chi connectivity index (χ3n) is 4.73. The number of likely N-dealkylation sites (tertiary alicyclic amines) is 1. The van der Waals surface area contributed by atoms with Crippen molar-refractivity contribution in [2.45, 2.75) is 38.5 Å². The highest BCUT2D eigenvalue weighted by atomic mass is 16.4. The van der Waals surface area contributed by atoms with Crippen LogP contribution in [-0.4, -0.2) is 47.5 Å². The van der Waals surface area contributed by atoms with Gasteiger partial charge in [0.1, 0.15) is 0 Å². The molecule has 2 fully saturated rings. The molecule has 0 aromatic carbocycles. The molecule has 0 radical (unpaired) electrons. The summed E-state index contributed by atoms with van der Waals surface area (Å²) in [4.78, 5) is 35.9. The highest BCUT2D eigenvalue weighted by Crippen LogP contribution is 2.40. The Morgan fingerprint density at radius 2 is 1.86 bits per heavy atom. The van der Waals surface area contributed by atoms with E-state index < -0.39 is 11.4 Å². The normalized spacial score (nSPS) is 21.4. The smallest absolute Gasteiger partial charge is 0.317 e. The first-order valence-corrected chi connectivity index (χ1v) is 7.47. The second-order valence-electron chi connectivity index (χ2n) is 6.20. The Morgan fingerprint density at radius 3 is 2.29 bits per heavy atom. The van der Waals surface area contributed by atoms with Crippen LogP contribution in [0.4, 0.5) is 4.79 Å². The van der Waals surface area contributed by atoms with E-state index in [4.69, 9.17) is 5.73 Å². The summed E-state index contributed by atoms with van der Waals surface area (Å²) in [7, 11) is 0. The Bertz CT molecular complexity index is 426. The number of nitrogens with one attached hydrogen (secondary N) is 1. The Hall–Kier alpha value is -1.79. The van der Waals surface area contributed by atoms with Gasteiger partial charge in [-0.25, -0.2) is 4.79 Å².